The van der Waals surface area contributed by atoms with Gasteiger partial charge < -0.3 is 10.2 Å². The second-order valence-corrected chi connectivity index (χ2v) is 15.0. The van der Waals surface area contributed by atoms with Crippen molar-refractivity contribution in [3.05, 3.63) is 130 Å². The Hall–Kier alpha value is -4.43. The third kappa shape index (κ3) is 8.53. The number of hydrogen-bond donors (Lipinski definition) is 1. The van der Waals surface area contributed by atoms with Gasteiger partial charge >= 0.3 is 0 Å². The summed E-state index contributed by atoms with van der Waals surface area (Å²) in [5.41, 5.74) is 5.77. The molecule has 1 unspecified atom stereocenters. The highest BCUT2D eigenvalue weighted by atomic mass is 32.2. The molecule has 1 fully saturated rings. The molecule has 0 bridgehead atoms. The molecule has 7 nitrogen and oxygen atoms in total. The highest BCUT2D eigenvalue weighted by Crippen LogP contribution is 2.29. The predicted molar refractivity (Wildman–Crippen MR) is 192 cm³/mol. The van der Waals surface area contributed by atoms with Crippen LogP contribution in [0.1, 0.15) is 65.5 Å². The number of carbonyl (C=O) groups is 2. The van der Waals surface area contributed by atoms with Crippen LogP contribution in [0.2, 0.25) is 0 Å². The van der Waals surface area contributed by atoms with Crippen molar-refractivity contribution in [1.29, 1.82) is 0 Å². The third-order valence-electron chi connectivity index (χ3n) is 9.35. The summed E-state index contributed by atoms with van der Waals surface area (Å²) in [4.78, 5) is 30.8. The van der Waals surface area contributed by atoms with E-state index in [0.29, 0.717) is 12.1 Å². The van der Waals surface area contributed by atoms with Gasteiger partial charge in [0.2, 0.25) is 11.8 Å². The summed E-state index contributed by atoms with van der Waals surface area (Å²) in [7, 11) is -4.16. The van der Waals surface area contributed by atoms with E-state index in [9.17, 15) is 18.0 Å². The fourth-order valence-corrected chi connectivity index (χ4v) is 7.88. The van der Waals surface area contributed by atoms with Crippen molar-refractivity contribution in [3.8, 4) is 0 Å². The lowest BCUT2D eigenvalue weighted by Crippen LogP contribution is -2.55. The maximum atomic E-state index is 14.8. The van der Waals surface area contributed by atoms with Gasteiger partial charge in [0.1, 0.15) is 12.6 Å². The summed E-state index contributed by atoms with van der Waals surface area (Å²) in [6.45, 7) is 7.32. The van der Waals surface area contributed by atoms with E-state index in [1.54, 1.807) is 35.2 Å². The van der Waals surface area contributed by atoms with Gasteiger partial charge in [-0.25, -0.2) is 8.42 Å². The van der Waals surface area contributed by atoms with Gasteiger partial charge in [0.25, 0.3) is 10.0 Å². The molecule has 1 N–H and O–H groups in total. The number of sulfonamides is 1. The zero-order valence-corrected chi connectivity index (χ0v) is 29.3. The summed E-state index contributed by atoms with van der Waals surface area (Å²) in [6.07, 6.45) is 5.38. The fraction of sp³-hybridized carbons (Fsp3) is 0.350. The zero-order valence-electron chi connectivity index (χ0n) is 28.5. The van der Waals surface area contributed by atoms with Crippen molar-refractivity contribution >= 4 is 27.5 Å². The Labute approximate surface area is 286 Å². The van der Waals surface area contributed by atoms with Crippen molar-refractivity contribution in [2.75, 3.05) is 10.8 Å². The molecule has 0 spiro atoms. The molecule has 5 rings (SSSR count). The van der Waals surface area contributed by atoms with E-state index in [-0.39, 0.29) is 23.4 Å². The topological polar surface area (TPSA) is 86.8 Å². The van der Waals surface area contributed by atoms with Gasteiger partial charge in [0.05, 0.1) is 10.6 Å². The first-order valence-corrected chi connectivity index (χ1v) is 18.3. The van der Waals surface area contributed by atoms with E-state index in [4.69, 9.17) is 0 Å². The smallest absolute Gasteiger partial charge is 0.264 e. The van der Waals surface area contributed by atoms with Gasteiger partial charge in [0, 0.05) is 19.0 Å². The Kier molecular flexibility index (Phi) is 11.4. The molecule has 0 aromatic heterocycles. The number of benzene rings is 4. The van der Waals surface area contributed by atoms with Crippen LogP contribution in [-0.4, -0.2) is 43.8 Å². The van der Waals surface area contributed by atoms with Crippen molar-refractivity contribution in [3.63, 3.8) is 0 Å². The summed E-state index contributed by atoms with van der Waals surface area (Å²) >= 11 is 0. The Bertz CT molecular complexity index is 1820. The first kappa shape index (κ1) is 34.9. The molecule has 48 heavy (non-hydrogen) atoms. The number of anilines is 1. The maximum Gasteiger partial charge on any atom is 0.264 e. The van der Waals surface area contributed by atoms with Gasteiger partial charge in [-0.05, 0) is 86.6 Å². The number of nitrogens with zero attached hydrogens (tertiary/aromatic N) is 2. The Morgan fingerprint density at radius 3 is 2.10 bits per heavy atom. The zero-order chi connectivity index (χ0) is 34.3. The third-order valence-corrected chi connectivity index (χ3v) is 11.1. The van der Waals surface area contributed by atoms with Crippen molar-refractivity contribution in [1.82, 2.24) is 10.2 Å². The average Bonchev–Trinajstić information content (AvgIpc) is 3.08. The van der Waals surface area contributed by atoms with Crippen molar-refractivity contribution in [2.24, 2.45) is 0 Å². The second kappa shape index (κ2) is 15.6. The van der Waals surface area contributed by atoms with Crippen LogP contribution in [0.25, 0.3) is 0 Å². The van der Waals surface area contributed by atoms with Gasteiger partial charge in [-0.15, -0.1) is 0 Å². The van der Waals surface area contributed by atoms with E-state index >= 15 is 0 Å². The number of carbonyl (C=O) groups excluding carboxylic acids is 2. The van der Waals surface area contributed by atoms with Crippen LogP contribution in [0.3, 0.4) is 0 Å². The fourth-order valence-electron chi connectivity index (χ4n) is 6.41. The molecule has 0 saturated heterocycles. The first-order chi connectivity index (χ1) is 23.0. The number of aryl methyl sites for hydroxylation is 4. The van der Waals surface area contributed by atoms with Gasteiger partial charge in [0.15, 0.2) is 0 Å². The van der Waals surface area contributed by atoms with Crippen LogP contribution in [-0.2, 0) is 32.6 Å². The van der Waals surface area contributed by atoms with E-state index < -0.39 is 28.5 Å². The van der Waals surface area contributed by atoms with Crippen LogP contribution < -0.4 is 9.62 Å². The highest BCUT2D eigenvalue weighted by Gasteiger charge is 2.36. The van der Waals surface area contributed by atoms with Crippen LogP contribution in [0.4, 0.5) is 5.69 Å². The van der Waals surface area contributed by atoms with Crippen LogP contribution in [0.15, 0.2) is 102 Å². The first-order valence-electron chi connectivity index (χ1n) is 16.9. The summed E-state index contributed by atoms with van der Waals surface area (Å²) < 4.78 is 30.0. The molecule has 0 aliphatic heterocycles. The van der Waals surface area contributed by atoms with E-state index in [1.165, 1.54) is 4.31 Å². The lowest BCUT2D eigenvalue weighted by molar-refractivity contribution is -0.140. The molecular formula is C40H47N3O4S. The predicted octanol–water partition coefficient (Wildman–Crippen LogP) is 7.20. The monoisotopic (exact) mass is 665 g/mol. The quantitative estimate of drug-likeness (QED) is 0.173. The SMILES string of the molecule is Cc1ccc(S(=O)(=O)N(CC(=O)N(Cc2ccccc2C)C(Cc2ccccc2)C(=O)NC2CCCCC2)c2cc(C)ccc2C)cc1. The molecule has 1 atom stereocenters. The maximum absolute atomic E-state index is 14.8. The van der Waals surface area contributed by atoms with Gasteiger partial charge in [-0.3, -0.25) is 13.9 Å². The summed E-state index contributed by atoms with van der Waals surface area (Å²) in [6, 6.07) is 29.0. The molecule has 252 valence electrons. The molecule has 2 amide bonds. The van der Waals surface area contributed by atoms with Crippen molar-refractivity contribution < 1.29 is 18.0 Å². The van der Waals surface area contributed by atoms with Gasteiger partial charge in [-0.1, -0.05) is 104 Å². The highest BCUT2D eigenvalue weighted by molar-refractivity contribution is 7.92. The lowest BCUT2D eigenvalue weighted by Gasteiger charge is -2.35. The number of nitrogens with one attached hydrogen (secondary N) is 1. The minimum atomic E-state index is -4.16. The molecule has 1 aliphatic rings. The molecule has 8 heteroatoms. The standard InChI is InChI=1S/C40H47N3O4S/c1-29-20-23-36(24-21-29)48(46,47)43(37-25-30(2)19-22-32(37)4)28-39(44)42(27-34-16-12-11-13-31(34)3)38(26-33-14-7-5-8-15-33)40(45)41-35-17-9-6-10-18-35/h5,7-8,11-16,19-25,35,38H,6,9-10,17-18,26-28H2,1-4H3,(H,41,45). The van der Waals surface area contributed by atoms with E-state index in [2.05, 4.69) is 5.32 Å². The molecule has 1 aliphatic carbocycles. The van der Waals surface area contributed by atoms with Crippen LogP contribution >= 0.6 is 0 Å². The number of amides is 2. The number of rotatable bonds is 12. The molecular weight excluding hydrogens is 619 g/mol. The normalized spacial score (nSPS) is 14.2. The van der Waals surface area contributed by atoms with Crippen LogP contribution in [0, 0.1) is 27.7 Å². The molecule has 0 heterocycles. The molecule has 4 aromatic carbocycles. The number of hydrogen-bond acceptors (Lipinski definition) is 4. The van der Waals surface area contributed by atoms with E-state index in [1.807, 2.05) is 94.4 Å². The van der Waals surface area contributed by atoms with Gasteiger partial charge in [-0.2, -0.15) is 0 Å². The minimum Gasteiger partial charge on any atom is -0.352 e. The lowest BCUT2D eigenvalue weighted by atomic mass is 9.94. The largest absolute Gasteiger partial charge is 0.352 e. The Morgan fingerprint density at radius 2 is 1.42 bits per heavy atom. The Morgan fingerprint density at radius 1 is 0.771 bits per heavy atom. The molecule has 0 radical (unpaired) electrons. The average molecular weight is 666 g/mol. The molecule has 4 aromatic rings. The van der Waals surface area contributed by atoms with E-state index in [0.717, 1.165) is 65.5 Å². The van der Waals surface area contributed by atoms with Crippen molar-refractivity contribution in [2.45, 2.75) is 89.7 Å². The summed E-state index contributed by atoms with van der Waals surface area (Å²) in [5, 5.41) is 3.27. The Balaban J connectivity index is 1.59. The van der Waals surface area contributed by atoms with Crippen LogP contribution in [0.5, 0.6) is 0 Å². The molecule has 1 saturated carbocycles. The summed E-state index contributed by atoms with van der Waals surface area (Å²) in [5.74, 6) is -0.665. The second-order valence-electron chi connectivity index (χ2n) is 13.1. The minimum absolute atomic E-state index is 0.0493.